The van der Waals surface area contributed by atoms with Crippen molar-refractivity contribution in [2.75, 3.05) is 6.54 Å². The van der Waals surface area contributed by atoms with Crippen molar-refractivity contribution in [2.24, 2.45) is 0 Å². The van der Waals surface area contributed by atoms with Gasteiger partial charge in [0.25, 0.3) is 0 Å². The van der Waals surface area contributed by atoms with Gasteiger partial charge in [0.2, 0.25) is 0 Å². The molecule has 4 heteroatoms. The van der Waals surface area contributed by atoms with E-state index in [1.165, 1.54) is 21.0 Å². The zero-order valence-electron chi connectivity index (χ0n) is 12.9. The minimum absolute atomic E-state index is 0.265. The fraction of sp³-hybridized carbons (Fsp3) is 0.562. The molecule has 0 saturated heterocycles. The molecule has 110 valence electrons. The third kappa shape index (κ3) is 3.30. The summed E-state index contributed by atoms with van der Waals surface area (Å²) >= 11 is 1.89. The quantitative estimate of drug-likeness (QED) is 0.833. The van der Waals surface area contributed by atoms with Crippen molar-refractivity contribution in [3.8, 4) is 0 Å². The third-order valence-corrected chi connectivity index (χ3v) is 4.77. The third-order valence-electron chi connectivity index (χ3n) is 3.55. The predicted octanol–water partition coefficient (Wildman–Crippen LogP) is 4.06. The smallest absolute Gasteiger partial charge is 0.0842 e. The lowest BCUT2D eigenvalue weighted by molar-refractivity contribution is 0.515. The molecule has 0 aromatic carbocycles. The van der Waals surface area contributed by atoms with Crippen molar-refractivity contribution in [1.82, 2.24) is 15.1 Å². The average molecular weight is 291 g/mol. The summed E-state index contributed by atoms with van der Waals surface area (Å²) in [6, 6.07) is 4.73. The second kappa shape index (κ2) is 7.04. The Balaban J connectivity index is 2.33. The Morgan fingerprint density at radius 3 is 2.70 bits per heavy atom. The zero-order chi connectivity index (χ0) is 14.5. The average Bonchev–Trinajstić information content (AvgIpc) is 3.00. The van der Waals surface area contributed by atoms with Gasteiger partial charge in [-0.2, -0.15) is 5.10 Å². The lowest BCUT2D eigenvalue weighted by Gasteiger charge is -2.19. The van der Waals surface area contributed by atoms with Crippen molar-refractivity contribution in [1.29, 1.82) is 0 Å². The van der Waals surface area contributed by atoms with Gasteiger partial charge in [-0.15, -0.1) is 11.3 Å². The summed E-state index contributed by atoms with van der Waals surface area (Å²) in [5.41, 5.74) is 2.66. The Hall–Kier alpha value is -1.13. The van der Waals surface area contributed by atoms with Crippen LogP contribution >= 0.6 is 11.3 Å². The second-order valence-corrected chi connectivity index (χ2v) is 6.54. The van der Waals surface area contributed by atoms with Crippen LogP contribution in [-0.2, 0) is 6.54 Å². The Bertz CT molecular complexity index is 522. The highest BCUT2D eigenvalue weighted by molar-refractivity contribution is 7.12. The Labute approximate surface area is 126 Å². The molecule has 0 spiro atoms. The van der Waals surface area contributed by atoms with Crippen molar-refractivity contribution >= 4 is 11.3 Å². The van der Waals surface area contributed by atoms with Crippen LogP contribution in [0.15, 0.2) is 18.3 Å². The van der Waals surface area contributed by atoms with E-state index < -0.39 is 0 Å². The van der Waals surface area contributed by atoms with E-state index in [4.69, 9.17) is 0 Å². The van der Waals surface area contributed by atoms with Gasteiger partial charge in [-0.3, -0.25) is 4.68 Å². The van der Waals surface area contributed by atoms with Crippen LogP contribution in [0.1, 0.15) is 53.7 Å². The summed E-state index contributed by atoms with van der Waals surface area (Å²) in [5.74, 6) is 0. The van der Waals surface area contributed by atoms with Crippen LogP contribution < -0.4 is 5.32 Å². The molecule has 0 aliphatic carbocycles. The van der Waals surface area contributed by atoms with Gasteiger partial charge in [0, 0.05) is 22.5 Å². The molecule has 0 radical (unpaired) electrons. The van der Waals surface area contributed by atoms with Gasteiger partial charge < -0.3 is 5.32 Å². The number of nitrogens with one attached hydrogen (secondary N) is 1. The van der Waals surface area contributed by atoms with E-state index in [1.807, 2.05) is 17.5 Å². The van der Waals surface area contributed by atoms with Crippen molar-refractivity contribution in [2.45, 2.75) is 53.1 Å². The van der Waals surface area contributed by atoms with E-state index in [0.29, 0.717) is 0 Å². The number of nitrogens with zero attached hydrogens (tertiary/aromatic N) is 2. The molecule has 0 bridgehead atoms. The molecule has 2 aromatic heterocycles. The fourth-order valence-electron chi connectivity index (χ4n) is 2.37. The number of hydrogen-bond donors (Lipinski definition) is 1. The first-order chi connectivity index (χ1) is 9.67. The number of rotatable bonds is 7. The van der Waals surface area contributed by atoms with Crippen LogP contribution in [0.4, 0.5) is 0 Å². The van der Waals surface area contributed by atoms with Gasteiger partial charge in [-0.05, 0) is 50.9 Å². The number of aromatic nitrogens is 2. The summed E-state index contributed by atoms with van der Waals surface area (Å²) in [6.45, 7) is 10.8. The molecule has 20 heavy (non-hydrogen) atoms. The number of aryl methyl sites for hydroxylation is 3. The monoisotopic (exact) mass is 291 g/mol. The summed E-state index contributed by atoms with van der Waals surface area (Å²) in [7, 11) is 0. The summed E-state index contributed by atoms with van der Waals surface area (Å²) in [5, 5.41) is 8.15. The van der Waals surface area contributed by atoms with Crippen molar-refractivity contribution in [3.63, 3.8) is 0 Å². The molecular formula is C16H25N3S. The van der Waals surface area contributed by atoms with Crippen LogP contribution in [0.5, 0.6) is 0 Å². The molecule has 0 aliphatic rings. The second-order valence-electron chi connectivity index (χ2n) is 5.25. The first-order valence-corrected chi connectivity index (χ1v) is 8.31. The van der Waals surface area contributed by atoms with Gasteiger partial charge in [0.05, 0.1) is 11.7 Å². The number of thiophene rings is 1. The van der Waals surface area contributed by atoms with Gasteiger partial charge >= 0.3 is 0 Å². The van der Waals surface area contributed by atoms with Gasteiger partial charge in [0.15, 0.2) is 0 Å². The highest BCUT2D eigenvalue weighted by Crippen LogP contribution is 2.30. The lowest BCUT2D eigenvalue weighted by Crippen LogP contribution is -2.25. The Kier molecular flexibility index (Phi) is 5.38. The van der Waals surface area contributed by atoms with Crippen LogP contribution in [0.3, 0.4) is 0 Å². The van der Waals surface area contributed by atoms with Gasteiger partial charge in [-0.25, -0.2) is 0 Å². The van der Waals surface area contributed by atoms with Gasteiger partial charge in [-0.1, -0.05) is 13.8 Å². The number of hydrogen-bond acceptors (Lipinski definition) is 3. The Morgan fingerprint density at radius 2 is 2.10 bits per heavy atom. The van der Waals surface area contributed by atoms with Crippen LogP contribution in [0.25, 0.3) is 0 Å². The maximum absolute atomic E-state index is 4.47. The molecule has 0 amide bonds. The van der Waals surface area contributed by atoms with E-state index in [0.717, 1.165) is 25.9 Å². The summed E-state index contributed by atoms with van der Waals surface area (Å²) in [4.78, 5) is 2.80. The molecule has 1 unspecified atom stereocenters. The molecule has 0 aliphatic heterocycles. The normalized spacial score (nSPS) is 12.8. The maximum Gasteiger partial charge on any atom is 0.0842 e. The molecule has 1 N–H and O–H groups in total. The van der Waals surface area contributed by atoms with Crippen molar-refractivity contribution in [3.05, 3.63) is 39.3 Å². The largest absolute Gasteiger partial charge is 0.304 e. The van der Waals surface area contributed by atoms with E-state index >= 15 is 0 Å². The lowest BCUT2D eigenvalue weighted by atomic mass is 10.1. The highest BCUT2D eigenvalue weighted by atomic mass is 32.1. The van der Waals surface area contributed by atoms with Crippen LogP contribution in [0.2, 0.25) is 0 Å². The van der Waals surface area contributed by atoms with E-state index in [2.05, 4.69) is 54.9 Å². The zero-order valence-corrected chi connectivity index (χ0v) is 13.8. The predicted molar refractivity (Wildman–Crippen MR) is 86.4 cm³/mol. The summed E-state index contributed by atoms with van der Waals surface area (Å²) < 4.78 is 2.14. The standard InChI is InChI=1S/C16H25N3S/c1-5-8-17-16(15-11-12(3)13(4)20-15)14-7-9-18-19(14)10-6-2/h7,9,11,16-17H,5-6,8,10H2,1-4H3. The highest BCUT2D eigenvalue weighted by Gasteiger charge is 2.20. The van der Waals surface area contributed by atoms with E-state index in [1.54, 1.807) is 0 Å². The molecule has 3 nitrogen and oxygen atoms in total. The SMILES string of the molecule is CCCNC(c1cc(C)c(C)s1)c1ccnn1CCC. The minimum Gasteiger partial charge on any atom is -0.304 e. The van der Waals surface area contributed by atoms with Crippen LogP contribution in [0, 0.1) is 13.8 Å². The molecule has 2 rings (SSSR count). The topological polar surface area (TPSA) is 29.9 Å². The fourth-order valence-corrected chi connectivity index (χ4v) is 3.50. The summed E-state index contributed by atoms with van der Waals surface area (Å²) in [6.07, 6.45) is 4.17. The first kappa shape index (κ1) is 15.3. The molecule has 0 fully saturated rings. The molecule has 2 aromatic rings. The van der Waals surface area contributed by atoms with E-state index in [-0.39, 0.29) is 6.04 Å². The van der Waals surface area contributed by atoms with Gasteiger partial charge in [0.1, 0.15) is 0 Å². The molecular weight excluding hydrogens is 266 g/mol. The first-order valence-electron chi connectivity index (χ1n) is 7.49. The van der Waals surface area contributed by atoms with Crippen LogP contribution in [-0.4, -0.2) is 16.3 Å². The molecule has 1 atom stereocenters. The molecule has 0 saturated carbocycles. The Morgan fingerprint density at radius 1 is 1.30 bits per heavy atom. The van der Waals surface area contributed by atoms with Crippen molar-refractivity contribution < 1.29 is 0 Å². The minimum atomic E-state index is 0.265. The van der Waals surface area contributed by atoms with E-state index in [9.17, 15) is 0 Å². The molecule has 2 heterocycles. The maximum atomic E-state index is 4.47.